The average Bonchev–Trinajstić information content (AvgIpc) is 2.79. The number of hydrogen-bond acceptors (Lipinski definition) is 6. The smallest absolute Gasteiger partial charge is 0.408 e. The summed E-state index contributed by atoms with van der Waals surface area (Å²) in [5.41, 5.74) is 1.38. The minimum absolute atomic E-state index is 0.0130. The molecule has 2 amide bonds. The molecule has 0 unspecified atom stereocenters. The number of benzene rings is 2. The maximum Gasteiger partial charge on any atom is 0.408 e. The first-order valence-electron chi connectivity index (χ1n) is 9.75. The van der Waals surface area contributed by atoms with E-state index in [1.54, 1.807) is 42.5 Å². The number of rotatable bonds is 9. The van der Waals surface area contributed by atoms with E-state index in [0.29, 0.717) is 22.6 Å². The van der Waals surface area contributed by atoms with Crippen molar-refractivity contribution in [3.05, 3.63) is 59.7 Å². The molecule has 0 aromatic heterocycles. The third-order valence-electron chi connectivity index (χ3n) is 5.41. The Labute approximate surface area is 180 Å². The molecule has 1 saturated heterocycles. The number of likely N-dealkylation sites (tertiary alicyclic amines) is 1. The number of methoxy groups -OCH3 is 2. The number of carboxylic acid groups (broad SMARTS) is 1. The lowest BCUT2D eigenvalue weighted by Crippen LogP contribution is -2.74. The van der Waals surface area contributed by atoms with Crippen molar-refractivity contribution in [3.63, 3.8) is 0 Å². The van der Waals surface area contributed by atoms with Gasteiger partial charge in [-0.2, -0.15) is 0 Å². The van der Waals surface area contributed by atoms with Crippen LogP contribution in [-0.4, -0.2) is 76.1 Å². The molecule has 3 rings (SSSR count). The second-order valence-corrected chi connectivity index (χ2v) is 7.23. The molecule has 0 saturated carbocycles. The van der Waals surface area contributed by atoms with Gasteiger partial charge in [-0.1, -0.05) is 30.3 Å². The standard InChI is InChI=1S/C22H26N2O7/c1-30-16-9-8-15(18(10-16)31-2)12-23-19(17(26)13-25)20(21(23)27)24(22(28)29)11-14-6-4-3-5-7-14/h3-10,17,19-20,25-26H,11-13H2,1-2H3,(H,28,29)/t17-,19+,20-/m1/s1. The summed E-state index contributed by atoms with van der Waals surface area (Å²) in [5, 5.41) is 29.7. The lowest BCUT2D eigenvalue weighted by molar-refractivity contribution is -0.170. The van der Waals surface area contributed by atoms with Crippen LogP contribution in [0.25, 0.3) is 0 Å². The summed E-state index contributed by atoms with van der Waals surface area (Å²) in [5.74, 6) is 0.626. The number of carbonyl (C=O) groups is 2. The first-order chi connectivity index (χ1) is 14.9. The third kappa shape index (κ3) is 4.57. The zero-order chi connectivity index (χ0) is 22.5. The van der Waals surface area contributed by atoms with E-state index < -0.39 is 36.8 Å². The van der Waals surface area contributed by atoms with Crippen LogP contribution in [0.4, 0.5) is 4.79 Å². The Morgan fingerprint density at radius 3 is 2.45 bits per heavy atom. The van der Waals surface area contributed by atoms with E-state index in [4.69, 9.17) is 9.47 Å². The lowest BCUT2D eigenvalue weighted by atomic mass is 9.88. The Hall–Kier alpha value is -3.30. The Balaban J connectivity index is 1.87. The van der Waals surface area contributed by atoms with Crippen LogP contribution in [0.1, 0.15) is 11.1 Å². The molecular weight excluding hydrogens is 404 g/mol. The van der Waals surface area contributed by atoms with E-state index in [-0.39, 0.29) is 13.1 Å². The molecule has 9 nitrogen and oxygen atoms in total. The highest BCUT2D eigenvalue weighted by molar-refractivity contribution is 5.92. The molecule has 1 aliphatic rings. The second-order valence-electron chi connectivity index (χ2n) is 7.23. The van der Waals surface area contributed by atoms with Crippen LogP contribution in [0.3, 0.4) is 0 Å². The van der Waals surface area contributed by atoms with Crippen molar-refractivity contribution in [2.24, 2.45) is 0 Å². The summed E-state index contributed by atoms with van der Waals surface area (Å²) >= 11 is 0. The van der Waals surface area contributed by atoms with Gasteiger partial charge in [0.2, 0.25) is 5.91 Å². The Bertz CT molecular complexity index is 921. The number of amides is 2. The molecule has 3 atom stereocenters. The molecule has 0 spiro atoms. The van der Waals surface area contributed by atoms with Crippen molar-refractivity contribution in [1.82, 2.24) is 9.80 Å². The molecule has 166 valence electrons. The lowest BCUT2D eigenvalue weighted by Gasteiger charge is -2.52. The van der Waals surface area contributed by atoms with Crippen molar-refractivity contribution in [2.45, 2.75) is 31.3 Å². The van der Waals surface area contributed by atoms with E-state index in [1.165, 1.54) is 19.1 Å². The fraction of sp³-hybridized carbons (Fsp3) is 0.364. The number of β-lactam (4-membered cyclic amide) rings is 1. The summed E-state index contributed by atoms with van der Waals surface area (Å²) in [4.78, 5) is 27.3. The van der Waals surface area contributed by atoms with Crippen LogP contribution in [-0.2, 0) is 17.9 Å². The number of carbonyl (C=O) groups excluding carboxylic acids is 1. The van der Waals surface area contributed by atoms with Crippen LogP contribution in [0, 0.1) is 0 Å². The van der Waals surface area contributed by atoms with Crippen molar-refractivity contribution >= 4 is 12.0 Å². The molecule has 2 aromatic carbocycles. The Kier molecular flexibility index (Phi) is 6.98. The summed E-state index contributed by atoms with van der Waals surface area (Å²) in [6.07, 6.45) is -2.58. The van der Waals surface area contributed by atoms with Gasteiger partial charge in [0, 0.05) is 24.7 Å². The van der Waals surface area contributed by atoms with Gasteiger partial charge in [0.1, 0.15) is 17.5 Å². The van der Waals surface area contributed by atoms with Gasteiger partial charge in [0.15, 0.2) is 0 Å². The molecule has 1 heterocycles. The van der Waals surface area contributed by atoms with Crippen LogP contribution in [0.15, 0.2) is 48.5 Å². The summed E-state index contributed by atoms with van der Waals surface area (Å²) in [6.45, 7) is -0.534. The third-order valence-corrected chi connectivity index (χ3v) is 5.41. The van der Waals surface area contributed by atoms with Gasteiger partial charge in [-0.15, -0.1) is 0 Å². The van der Waals surface area contributed by atoms with E-state index >= 15 is 0 Å². The predicted octanol–water partition coefficient (Wildman–Crippen LogP) is 1.32. The van der Waals surface area contributed by atoms with E-state index in [1.807, 2.05) is 6.07 Å². The summed E-state index contributed by atoms with van der Waals surface area (Å²) < 4.78 is 10.6. The Morgan fingerprint density at radius 2 is 1.87 bits per heavy atom. The number of ether oxygens (including phenoxy) is 2. The molecule has 1 fully saturated rings. The fourth-order valence-electron chi connectivity index (χ4n) is 3.81. The van der Waals surface area contributed by atoms with Crippen molar-refractivity contribution in [3.8, 4) is 11.5 Å². The largest absolute Gasteiger partial charge is 0.497 e. The quantitative estimate of drug-likeness (QED) is 0.513. The number of aliphatic hydroxyl groups is 2. The molecule has 0 aliphatic carbocycles. The molecule has 9 heteroatoms. The molecule has 0 bridgehead atoms. The minimum Gasteiger partial charge on any atom is -0.497 e. The highest BCUT2D eigenvalue weighted by atomic mass is 16.5. The van der Waals surface area contributed by atoms with Crippen LogP contribution < -0.4 is 9.47 Å². The normalized spacial score (nSPS) is 18.8. The molecule has 3 N–H and O–H groups in total. The molecule has 2 aromatic rings. The van der Waals surface area contributed by atoms with Crippen molar-refractivity contribution in [1.29, 1.82) is 0 Å². The highest BCUT2D eigenvalue weighted by Crippen LogP contribution is 2.34. The molecule has 0 radical (unpaired) electrons. The fourth-order valence-corrected chi connectivity index (χ4v) is 3.81. The van der Waals surface area contributed by atoms with Crippen LogP contribution in [0.2, 0.25) is 0 Å². The zero-order valence-corrected chi connectivity index (χ0v) is 17.3. The number of hydrogen-bond donors (Lipinski definition) is 3. The first-order valence-corrected chi connectivity index (χ1v) is 9.75. The topological polar surface area (TPSA) is 120 Å². The summed E-state index contributed by atoms with van der Waals surface area (Å²) in [6, 6.07) is 12.0. The van der Waals surface area contributed by atoms with E-state index in [0.717, 1.165) is 4.90 Å². The van der Waals surface area contributed by atoms with E-state index in [9.17, 15) is 24.9 Å². The van der Waals surface area contributed by atoms with Crippen molar-refractivity contribution < 1.29 is 34.4 Å². The molecule has 31 heavy (non-hydrogen) atoms. The maximum absolute atomic E-state index is 13.0. The number of aliphatic hydroxyl groups excluding tert-OH is 2. The predicted molar refractivity (Wildman–Crippen MR) is 111 cm³/mol. The summed E-state index contributed by atoms with van der Waals surface area (Å²) in [7, 11) is 3.02. The second kappa shape index (κ2) is 9.67. The van der Waals surface area contributed by atoms with Gasteiger partial charge in [-0.3, -0.25) is 9.69 Å². The monoisotopic (exact) mass is 430 g/mol. The number of nitrogens with zero attached hydrogens (tertiary/aromatic N) is 2. The van der Waals surface area contributed by atoms with Crippen molar-refractivity contribution in [2.75, 3.05) is 20.8 Å². The maximum atomic E-state index is 13.0. The zero-order valence-electron chi connectivity index (χ0n) is 17.3. The molecule has 1 aliphatic heterocycles. The SMILES string of the molecule is COc1ccc(CN2C(=O)[C@H](N(Cc3ccccc3)C(=O)O)[C@@H]2[C@H](O)CO)c(OC)c1. The van der Waals surface area contributed by atoms with Gasteiger partial charge in [-0.05, 0) is 17.7 Å². The minimum atomic E-state index is -1.30. The van der Waals surface area contributed by atoms with Gasteiger partial charge in [-0.25, -0.2) is 4.79 Å². The first kappa shape index (κ1) is 22.4. The van der Waals surface area contributed by atoms with Gasteiger partial charge < -0.3 is 29.7 Å². The van der Waals surface area contributed by atoms with Crippen LogP contribution in [0.5, 0.6) is 11.5 Å². The van der Waals surface area contributed by atoms with Crippen LogP contribution >= 0.6 is 0 Å². The average molecular weight is 430 g/mol. The van der Waals surface area contributed by atoms with Gasteiger partial charge >= 0.3 is 6.09 Å². The highest BCUT2D eigenvalue weighted by Gasteiger charge is 2.54. The van der Waals surface area contributed by atoms with Gasteiger partial charge in [0.25, 0.3) is 0 Å². The van der Waals surface area contributed by atoms with Gasteiger partial charge in [0.05, 0.1) is 33.0 Å². The van der Waals surface area contributed by atoms with E-state index in [2.05, 4.69) is 0 Å². The molecular formula is C22H26N2O7. The Morgan fingerprint density at radius 1 is 1.16 bits per heavy atom.